The fourth-order valence-corrected chi connectivity index (χ4v) is 3.41. The highest BCUT2D eigenvalue weighted by Gasteiger charge is 2.30. The van der Waals surface area contributed by atoms with Gasteiger partial charge in [-0.3, -0.25) is 4.79 Å². The average molecular weight is 429 g/mol. The number of alkyl halides is 3. The number of nitrogens with zero attached hydrogens (tertiary/aromatic N) is 4. The van der Waals surface area contributed by atoms with Crippen molar-refractivity contribution in [1.82, 2.24) is 19.8 Å². The van der Waals surface area contributed by atoms with E-state index in [9.17, 15) is 18.0 Å². The Hall–Kier alpha value is -3.40. The minimum Gasteiger partial charge on any atom is -0.325 e. The fraction of sp³-hybridized carbons (Fsp3) is 0.100. The molecule has 0 bridgehead atoms. The molecule has 2 heterocycles. The molecule has 10 heteroatoms. The van der Waals surface area contributed by atoms with Crippen LogP contribution in [-0.4, -0.2) is 31.5 Å². The molecule has 0 atom stereocenters. The maximum absolute atomic E-state index is 12.8. The lowest BCUT2D eigenvalue weighted by Crippen LogP contribution is -2.15. The van der Waals surface area contributed by atoms with Gasteiger partial charge in [-0.05, 0) is 30.3 Å². The summed E-state index contributed by atoms with van der Waals surface area (Å²) in [7, 11) is 0. The molecule has 2 aromatic heterocycles. The number of carbonyl (C=O) groups excluding carboxylic acids is 1. The largest absolute Gasteiger partial charge is 0.416 e. The number of anilines is 1. The van der Waals surface area contributed by atoms with E-state index in [1.54, 1.807) is 6.07 Å². The molecule has 0 aliphatic heterocycles. The molecule has 0 saturated heterocycles. The van der Waals surface area contributed by atoms with Gasteiger partial charge in [0.15, 0.2) is 5.65 Å². The molecule has 1 amide bonds. The standard InChI is InChI=1S/C20H14F3N5OS/c21-20(22,23)14-7-4-8-15(11-14)24-18(29)12-30-19-26-25-17-10-9-16(27-28(17)19)13-5-2-1-3-6-13/h1-11H,12H2,(H,24,29). The quantitative estimate of drug-likeness (QED) is 0.472. The molecule has 0 unspecified atom stereocenters. The maximum Gasteiger partial charge on any atom is 0.416 e. The number of halogens is 3. The van der Waals surface area contributed by atoms with E-state index in [0.29, 0.717) is 10.8 Å². The number of hydrogen-bond donors (Lipinski definition) is 1. The number of benzene rings is 2. The first-order valence-corrected chi connectivity index (χ1v) is 9.76. The van der Waals surface area contributed by atoms with Crippen LogP contribution in [-0.2, 0) is 11.0 Å². The molecule has 6 nitrogen and oxygen atoms in total. The third-order valence-electron chi connectivity index (χ3n) is 4.11. The van der Waals surface area contributed by atoms with Crippen LogP contribution in [0.2, 0.25) is 0 Å². The molecule has 0 aliphatic rings. The van der Waals surface area contributed by atoms with Gasteiger partial charge in [-0.1, -0.05) is 48.2 Å². The molecule has 152 valence electrons. The van der Waals surface area contributed by atoms with Crippen molar-refractivity contribution in [2.75, 3.05) is 11.1 Å². The molecule has 4 aromatic rings. The summed E-state index contributed by atoms with van der Waals surface area (Å²) in [5.41, 5.74) is 1.42. The van der Waals surface area contributed by atoms with Crippen molar-refractivity contribution in [3.8, 4) is 11.3 Å². The predicted octanol–water partition coefficient (Wildman–Crippen LogP) is 4.54. The second-order valence-corrected chi connectivity index (χ2v) is 7.20. The molecule has 0 saturated carbocycles. The fourth-order valence-electron chi connectivity index (χ4n) is 2.72. The Labute approximate surface area is 173 Å². The Balaban J connectivity index is 1.47. The van der Waals surface area contributed by atoms with Crippen LogP contribution < -0.4 is 5.32 Å². The van der Waals surface area contributed by atoms with Crippen LogP contribution in [0.3, 0.4) is 0 Å². The van der Waals surface area contributed by atoms with Crippen LogP contribution in [0.15, 0.2) is 71.9 Å². The summed E-state index contributed by atoms with van der Waals surface area (Å²) in [6.45, 7) is 0. The second kappa shape index (κ2) is 8.15. The number of amides is 1. The average Bonchev–Trinajstić information content (AvgIpc) is 3.15. The lowest BCUT2D eigenvalue weighted by atomic mass is 10.1. The Bertz CT molecular complexity index is 1190. The normalized spacial score (nSPS) is 11.6. The monoisotopic (exact) mass is 429 g/mol. The van der Waals surface area contributed by atoms with Gasteiger partial charge in [0.2, 0.25) is 11.1 Å². The van der Waals surface area contributed by atoms with Crippen molar-refractivity contribution in [3.63, 3.8) is 0 Å². The molecular weight excluding hydrogens is 415 g/mol. The molecular formula is C20H14F3N5OS. The zero-order valence-corrected chi connectivity index (χ0v) is 16.1. The van der Waals surface area contributed by atoms with E-state index >= 15 is 0 Å². The maximum atomic E-state index is 12.8. The van der Waals surface area contributed by atoms with Crippen LogP contribution in [0, 0.1) is 0 Å². The summed E-state index contributed by atoms with van der Waals surface area (Å²) in [5, 5.41) is 15.5. The van der Waals surface area contributed by atoms with E-state index in [-0.39, 0.29) is 11.4 Å². The van der Waals surface area contributed by atoms with Crippen LogP contribution in [0.5, 0.6) is 0 Å². The van der Waals surface area contributed by atoms with Gasteiger partial charge in [0.1, 0.15) is 0 Å². The Morgan fingerprint density at radius 2 is 1.80 bits per heavy atom. The van der Waals surface area contributed by atoms with Gasteiger partial charge in [0, 0.05) is 11.3 Å². The summed E-state index contributed by atoms with van der Waals surface area (Å²) in [6, 6.07) is 17.6. The number of nitrogens with one attached hydrogen (secondary N) is 1. The van der Waals surface area contributed by atoms with Crippen LogP contribution >= 0.6 is 11.8 Å². The highest BCUT2D eigenvalue weighted by molar-refractivity contribution is 7.99. The highest BCUT2D eigenvalue weighted by Crippen LogP contribution is 2.30. The van der Waals surface area contributed by atoms with Gasteiger partial charge in [-0.2, -0.15) is 22.8 Å². The number of hydrogen-bond acceptors (Lipinski definition) is 5. The number of carbonyl (C=O) groups is 1. The van der Waals surface area contributed by atoms with E-state index < -0.39 is 17.6 Å². The first-order valence-electron chi connectivity index (χ1n) is 8.78. The van der Waals surface area contributed by atoms with E-state index in [1.165, 1.54) is 16.6 Å². The van der Waals surface area contributed by atoms with E-state index in [0.717, 1.165) is 35.2 Å². The molecule has 30 heavy (non-hydrogen) atoms. The van der Waals surface area contributed by atoms with Crippen molar-refractivity contribution in [3.05, 3.63) is 72.3 Å². The zero-order valence-electron chi connectivity index (χ0n) is 15.3. The SMILES string of the molecule is O=C(CSc1nnc2ccc(-c3ccccc3)nn12)Nc1cccc(C(F)(F)F)c1. The van der Waals surface area contributed by atoms with Crippen molar-refractivity contribution in [2.24, 2.45) is 0 Å². The summed E-state index contributed by atoms with van der Waals surface area (Å²) in [6.07, 6.45) is -4.47. The number of thioether (sulfide) groups is 1. The molecule has 0 fully saturated rings. The Morgan fingerprint density at radius 3 is 2.57 bits per heavy atom. The van der Waals surface area contributed by atoms with Crippen molar-refractivity contribution in [2.45, 2.75) is 11.3 Å². The third-order valence-corrected chi connectivity index (χ3v) is 5.03. The van der Waals surface area contributed by atoms with Crippen molar-refractivity contribution < 1.29 is 18.0 Å². The van der Waals surface area contributed by atoms with Gasteiger partial charge < -0.3 is 5.32 Å². The van der Waals surface area contributed by atoms with Gasteiger partial charge in [-0.25, -0.2) is 0 Å². The Morgan fingerprint density at radius 1 is 1.00 bits per heavy atom. The molecule has 2 aromatic carbocycles. The van der Waals surface area contributed by atoms with Crippen molar-refractivity contribution >= 4 is 29.0 Å². The van der Waals surface area contributed by atoms with E-state index in [2.05, 4.69) is 20.6 Å². The summed E-state index contributed by atoms with van der Waals surface area (Å²) in [4.78, 5) is 12.2. The number of rotatable bonds is 5. The van der Waals surface area contributed by atoms with Crippen LogP contribution in [0.1, 0.15) is 5.56 Å². The Kier molecular flexibility index (Phi) is 5.40. The van der Waals surface area contributed by atoms with Crippen LogP contribution in [0.4, 0.5) is 18.9 Å². The lowest BCUT2D eigenvalue weighted by Gasteiger charge is -2.09. The van der Waals surface area contributed by atoms with Crippen molar-refractivity contribution in [1.29, 1.82) is 0 Å². The highest BCUT2D eigenvalue weighted by atomic mass is 32.2. The lowest BCUT2D eigenvalue weighted by molar-refractivity contribution is -0.137. The topological polar surface area (TPSA) is 72.2 Å². The molecule has 4 rings (SSSR count). The number of fused-ring (bicyclic) bond motifs is 1. The minimum atomic E-state index is -4.47. The summed E-state index contributed by atoms with van der Waals surface area (Å²) in [5.74, 6) is -0.524. The third kappa shape index (κ3) is 4.43. The number of aromatic nitrogens is 4. The minimum absolute atomic E-state index is 0.0612. The smallest absolute Gasteiger partial charge is 0.325 e. The van der Waals surface area contributed by atoms with Gasteiger partial charge in [-0.15, -0.1) is 10.2 Å². The first-order chi connectivity index (χ1) is 14.4. The summed E-state index contributed by atoms with van der Waals surface area (Å²) >= 11 is 1.09. The van der Waals surface area contributed by atoms with Gasteiger partial charge in [0.05, 0.1) is 17.0 Å². The predicted molar refractivity (Wildman–Crippen MR) is 107 cm³/mol. The molecule has 0 radical (unpaired) electrons. The van der Waals surface area contributed by atoms with E-state index in [1.807, 2.05) is 36.4 Å². The van der Waals surface area contributed by atoms with Gasteiger partial charge in [0.25, 0.3) is 0 Å². The second-order valence-electron chi connectivity index (χ2n) is 6.25. The molecule has 0 aliphatic carbocycles. The first kappa shape index (κ1) is 19.9. The molecule has 0 spiro atoms. The molecule has 1 N–H and O–H groups in total. The zero-order chi connectivity index (χ0) is 21.1. The summed E-state index contributed by atoms with van der Waals surface area (Å²) < 4.78 is 39.9. The van der Waals surface area contributed by atoms with Gasteiger partial charge >= 0.3 is 6.18 Å². The van der Waals surface area contributed by atoms with E-state index in [4.69, 9.17) is 0 Å². The van der Waals surface area contributed by atoms with Crippen LogP contribution in [0.25, 0.3) is 16.9 Å².